The fourth-order valence-corrected chi connectivity index (χ4v) is 3.72. The molecule has 0 radical (unpaired) electrons. The van der Waals surface area contributed by atoms with E-state index in [1.807, 2.05) is 6.07 Å². The number of hydrogen-bond acceptors (Lipinski definition) is 5. The van der Waals surface area contributed by atoms with Gasteiger partial charge >= 0.3 is 0 Å². The third kappa shape index (κ3) is 4.57. The molecule has 2 heterocycles. The maximum Gasteiger partial charge on any atom is 0.255 e. The van der Waals surface area contributed by atoms with Crippen LogP contribution in [-0.2, 0) is 15.6 Å². The highest BCUT2D eigenvalue weighted by atomic mass is 32.2. The van der Waals surface area contributed by atoms with Crippen molar-refractivity contribution in [2.45, 2.75) is 18.6 Å². The summed E-state index contributed by atoms with van der Waals surface area (Å²) in [6.45, 7) is 1.89. The molecule has 3 rings (SSSR count). The zero-order chi connectivity index (χ0) is 17.9. The van der Waals surface area contributed by atoms with E-state index in [1.165, 1.54) is 6.26 Å². The highest BCUT2D eigenvalue weighted by Gasteiger charge is 2.18. The first kappa shape index (κ1) is 17.4. The van der Waals surface area contributed by atoms with E-state index in [1.54, 1.807) is 36.5 Å². The molecule has 0 bridgehead atoms. The van der Waals surface area contributed by atoms with Gasteiger partial charge in [0.05, 0.1) is 11.4 Å². The number of hydrogen-bond donors (Lipinski definition) is 1. The van der Waals surface area contributed by atoms with Crippen LogP contribution in [0.15, 0.2) is 42.6 Å². The molecular weight excluding hydrogens is 338 g/mol. The van der Waals surface area contributed by atoms with Crippen molar-refractivity contribution < 1.29 is 13.2 Å². The van der Waals surface area contributed by atoms with E-state index in [-0.39, 0.29) is 11.7 Å². The highest BCUT2D eigenvalue weighted by molar-refractivity contribution is 7.89. The standard InChI is InChI=1S/C18H21N3O3S/c1-25(23,24)13-14-6-8-15(9-7-14)18(22)20-16-5-4-10-19-17(16)21-11-2-3-12-21/h4-10H,2-3,11-13H2,1H3,(H,20,22). The molecule has 1 N–H and O–H groups in total. The Morgan fingerprint density at radius 1 is 1.16 bits per heavy atom. The van der Waals surface area contributed by atoms with Crippen molar-refractivity contribution >= 4 is 27.2 Å². The van der Waals surface area contributed by atoms with E-state index < -0.39 is 9.84 Å². The van der Waals surface area contributed by atoms with Gasteiger partial charge in [-0.25, -0.2) is 13.4 Å². The summed E-state index contributed by atoms with van der Waals surface area (Å²) in [6, 6.07) is 10.3. The van der Waals surface area contributed by atoms with Crippen molar-refractivity contribution in [3.8, 4) is 0 Å². The number of aromatic nitrogens is 1. The van der Waals surface area contributed by atoms with Gasteiger partial charge in [-0.1, -0.05) is 12.1 Å². The van der Waals surface area contributed by atoms with Gasteiger partial charge in [-0.3, -0.25) is 4.79 Å². The summed E-state index contributed by atoms with van der Waals surface area (Å²) in [6.07, 6.45) is 5.18. The van der Waals surface area contributed by atoms with Crippen LogP contribution in [0, 0.1) is 0 Å². The lowest BCUT2D eigenvalue weighted by molar-refractivity contribution is 0.102. The number of carbonyl (C=O) groups excluding carboxylic acids is 1. The molecule has 1 aromatic carbocycles. The van der Waals surface area contributed by atoms with Gasteiger partial charge < -0.3 is 10.2 Å². The Kier molecular flexibility index (Phi) is 5.03. The number of benzene rings is 1. The van der Waals surface area contributed by atoms with Crippen molar-refractivity contribution in [2.24, 2.45) is 0 Å². The molecule has 1 saturated heterocycles. The molecule has 25 heavy (non-hydrogen) atoms. The van der Waals surface area contributed by atoms with Gasteiger partial charge in [0.1, 0.15) is 0 Å². The summed E-state index contributed by atoms with van der Waals surface area (Å²) in [5, 5.41) is 2.91. The second-order valence-electron chi connectivity index (χ2n) is 6.29. The van der Waals surface area contributed by atoms with Crippen LogP contribution in [0.3, 0.4) is 0 Å². The van der Waals surface area contributed by atoms with Crippen LogP contribution in [0.25, 0.3) is 0 Å². The zero-order valence-electron chi connectivity index (χ0n) is 14.1. The monoisotopic (exact) mass is 359 g/mol. The lowest BCUT2D eigenvalue weighted by Gasteiger charge is -2.20. The fraction of sp³-hybridized carbons (Fsp3) is 0.333. The van der Waals surface area contributed by atoms with Crippen LogP contribution >= 0.6 is 0 Å². The maximum absolute atomic E-state index is 12.5. The lowest BCUT2D eigenvalue weighted by Crippen LogP contribution is -2.22. The van der Waals surface area contributed by atoms with Crippen LogP contribution in [0.4, 0.5) is 11.5 Å². The Morgan fingerprint density at radius 3 is 2.48 bits per heavy atom. The number of pyridine rings is 1. The fourth-order valence-electron chi connectivity index (χ4n) is 2.93. The number of rotatable bonds is 5. The van der Waals surface area contributed by atoms with Gasteiger partial charge in [-0.2, -0.15) is 0 Å². The number of nitrogens with one attached hydrogen (secondary N) is 1. The van der Waals surface area contributed by atoms with Crippen LogP contribution in [0.2, 0.25) is 0 Å². The first-order chi connectivity index (χ1) is 11.9. The molecule has 0 unspecified atom stereocenters. The SMILES string of the molecule is CS(=O)(=O)Cc1ccc(C(=O)Nc2cccnc2N2CCCC2)cc1. The third-order valence-corrected chi connectivity index (χ3v) is 4.94. The number of carbonyl (C=O) groups is 1. The predicted octanol–water partition coefficient (Wildman–Crippen LogP) is 2.48. The van der Waals surface area contributed by atoms with Gasteiger partial charge in [0.25, 0.3) is 5.91 Å². The summed E-state index contributed by atoms with van der Waals surface area (Å²) in [7, 11) is -3.09. The van der Waals surface area contributed by atoms with Crippen molar-refractivity contribution in [3.05, 3.63) is 53.7 Å². The molecule has 0 atom stereocenters. The Balaban J connectivity index is 1.74. The van der Waals surface area contributed by atoms with Gasteiger partial charge in [-0.15, -0.1) is 0 Å². The highest BCUT2D eigenvalue weighted by Crippen LogP contribution is 2.26. The Morgan fingerprint density at radius 2 is 1.84 bits per heavy atom. The smallest absolute Gasteiger partial charge is 0.255 e. The van der Waals surface area contributed by atoms with Crippen LogP contribution in [0.1, 0.15) is 28.8 Å². The van der Waals surface area contributed by atoms with E-state index >= 15 is 0 Å². The molecule has 1 fully saturated rings. The molecule has 1 amide bonds. The van der Waals surface area contributed by atoms with Gasteiger partial charge in [0, 0.05) is 31.1 Å². The summed E-state index contributed by atoms with van der Waals surface area (Å²) < 4.78 is 22.7. The first-order valence-corrected chi connectivity index (χ1v) is 10.3. The van der Waals surface area contributed by atoms with Crippen LogP contribution in [0.5, 0.6) is 0 Å². The second-order valence-corrected chi connectivity index (χ2v) is 8.43. The van der Waals surface area contributed by atoms with Gasteiger partial charge in [-0.05, 0) is 42.7 Å². The summed E-state index contributed by atoms with van der Waals surface area (Å²) in [5.41, 5.74) is 1.83. The molecule has 2 aromatic rings. The van der Waals surface area contributed by atoms with E-state index in [9.17, 15) is 13.2 Å². The average molecular weight is 359 g/mol. The molecule has 1 aromatic heterocycles. The zero-order valence-corrected chi connectivity index (χ0v) is 14.9. The van der Waals surface area contributed by atoms with Crippen molar-refractivity contribution in [1.29, 1.82) is 0 Å². The number of sulfone groups is 1. The Hall–Kier alpha value is -2.41. The minimum atomic E-state index is -3.09. The molecule has 0 saturated carbocycles. The quantitative estimate of drug-likeness (QED) is 0.887. The summed E-state index contributed by atoms with van der Waals surface area (Å²) in [4.78, 5) is 19.1. The van der Waals surface area contributed by atoms with E-state index in [2.05, 4.69) is 15.2 Å². The molecule has 0 aliphatic carbocycles. The van der Waals surface area contributed by atoms with E-state index in [0.717, 1.165) is 31.7 Å². The second kappa shape index (κ2) is 7.23. The third-order valence-electron chi connectivity index (χ3n) is 4.09. The largest absolute Gasteiger partial charge is 0.355 e. The van der Waals surface area contributed by atoms with E-state index in [4.69, 9.17) is 0 Å². The topological polar surface area (TPSA) is 79.4 Å². The number of anilines is 2. The van der Waals surface area contributed by atoms with Crippen molar-refractivity contribution in [2.75, 3.05) is 29.6 Å². The molecule has 1 aliphatic heterocycles. The Bertz CT molecular complexity index is 857. The maximum atomic E-state index is 12.5. The minimum absolute atomic E-state index is 0.0311. The summed E-state index contributed by atoms with van der Waals surface area (Å²) in [5.74, 6) is 0.526. The molecule has 1 aliphatic rings. The number of nitrogens with zero attached hydrogens (tertiary/aromatic N) is 2. The Labute approximate surface area is 147 Å². The molecule has 7 heteroatoms. The molecule has 0 spiro atoms. The van der Waals surface area contributed by atoms with Crippen molar-refractivity contribution in [1.82, 2.24) is 4.98 Å². The van der Waals surface area contributed by atoms with Gasteiger partial charge in [0.15, 0.2) is 15.7 Å². The molecule has 6 nitrogen and oxygen atoms in total. The summed E-state index contributed by atoms with van der Waals surface area (Å²) >= 11 is 0. The molecule has 132 valence electrons. The lowest BCUT2D eigenvalue weighted by atomic mass is 10.1. The van der Waals surface area contributed by atoms with E-state index in [0.29, 0.717) is 16.8 Å². The number of amides is 1. The minimum Gasteiger partial charge on any atom is -0.355 e. The molecular formula is C18H21N3O3S. The average Bonchev–Trinajstić information content (AvgIpc) is 3.09. The normalized spacial score (nSPS) is 14.5. The van der Waals surface area contributed by atoms with Crippen LogP contribution in [-0.4, -0.2) is 38.7 Å². The van der Waals surface area contributed by atoms with Gasteiger partial charge in [0.2, 0.25) is 0 Å². The predicted molar refractivity (Wildman–Crippen MR) is 98.6 cm³/mol. The first-order valence-electron chi connectivity index (χ1n) is 8.20. The van der Waals surface area contributed by atoms with Crippen molar-refractivity contribution in [3.63, 3.8) is 0 Å². The van der Waals surface area contributed by atoms with Crippen LogP contribution < -0.4 is 10.2 Å².